The lowest BCUT2D eigenvalue weighted by molar-refractivity contribution is 0.143. The van der Waals surface area contributed by atoms with Gasteiger partial charge >= 0.3 is 0 Å². The summed E-state index contributed by atoms with van der Waals surface area (Å²) in [7, 11) is 0. The van der Waals surface area contributed by atoms with E-state index in [1.807, 2.05) is 24.4 Å². The van der Waals surface area contributed by atoms with Crippen molar-refractivity contribution in [1.82, 2.24) is 0 Å². The van der Waals surface area contributed by atoms with Gasteiger partial charge in [0.05, 0.1) is 6.04 Å². The molecule has 2 nitrogen and oxygen atoms in total. The standard InChI is InChI=1S/C17H23NO/c1-16(2)13-8-9-17(3,10-13)15(16)18-11-12-6-4-5-7-14(12)19/h4-7,11,13,15,19H,8-10H2,1-3H3/t13-,15-,17+/m1/s1. The molecule has 0 unspecified atom stereocenters. The van der Waals surface area contributed by atoms with Gasteiger partial charge in [0, 0.05) is 11.8 Å². The Bertz CT molecular complexity index is 515. The van der Waals surface area contributed by atoms with Gasteiger partial charge in [0.15, 0.2) is 0 Å². The molecular formula is C17H23NO. The maximum absolute atomic E-state index is 9.82. The smallest absolute Gasteiger partial charge is 0.124 e. The van der Waals surface area contributed by atoms with Crippen molar-refractivity contribution >= 4 is 6.21 Å². The molecule has 3 atom stereocenters. The van der Waals surface area contributed by atoms with Crippen molar-refractivity contribution < 1.29 is 5.11 Å². The van der Waals surface area contributed by atoms with Crippen LogP contribution in [0.5, 0.6) is 5.75 Å². The molecule has 1 aromatic carbocycles. The number of nitrogens with zero attached hydrogens (tertiary/aromatic N) is 1. The Kier molecular flexibility index (Phi) is 2.74. The molecule has 0 saturated heterocycles. The first kappa shape index (κ1) is 12.7. The SMILES string of the molecule is CC1(C)[C@@H]2CC[C@@](C)(C2)[C@@H]1N=Cc1ccccc1O. The van der Waals surface area contributed by atoms with Gasteiger partial charge in [-0.25, -0.2) is 0 Å². The molecular weight excluding hydrogens is 234 g/mol. The normalized spacial score (nSPS) is 36.2. The molecule has 0 amide bonds. The third kappa shape index (κ3) is 1.89. The lowest BCUT2D eigenvalue weighted by Gasteiger charge is -2.40. The zero-order valence-corrected chi connectivity index (χ0v) is 12.1. The van der Waals surface area contributed by atoms with Gasteiger partial charge in [0.1, 0.15) is 5.75 Å². The minimum Gasteiger partial charge on any atom is -0.507 e. The Morgan fingerprint density at radius 1 is 1.26 bits per heavy atom. The highest BCUT2D eigenvalue weighted by atomic mass is 16.3. The number of phenols is 1. The van der Waals surface area contributed by atoms with Crippen molar-refractivity contribution in [2.45, 2.75) is 46.1 Å². The van der Waals surface area contributed by atoms with E-state index in [9.17, 15) is 5.11 Å². The number of para-hydroxylation sites is 1. The highest BCUT2D eigenvalue weighted by Gasteiger charge is 2.59. The first-order valence-electron chi connectivity index (χ1n) is 7.25. The molecule has 2 bridgehead atoms. The summed E-state index contributed by atoms with van der Waals surface area (Å²) in [5.41, 5.74) is 1.47. The predicted molar refractivity (Wildman–Crippen MR) is 78.7 cm³/mol. The molecule has 2 aliphatic carbocycles. The van der Waals surface area contributed by atoms with Crippen molar-refractivity contribution in [2.24, 2.45) is 21.7 Å². The minimum atomic E-state index is 0.286. The lowest BCUT2D eigenvalue weighted by atomic mass is 9.69. The second-order valence-corrected chi connectivity index (χ2v) is 7.15. The molecule has 0 aromatic heterocycles. The number of aliphatic imine (C=N–C) groups is 1. The van der Waals surface area contributed by atoms with Crippen LogP contribution in [0, 0.1) is 16.7 Å². The summed E-state index contributed by atoms with van der Waals surface area (Å²) in [6, 6.07) is 7.79. The van der Waals surface area contributed by atoms with Crippen molar-refractivity contribution in [2.75, 3.05) is 0 Å². The van der Waals surface area contributed by atoms with Crippen LogP contribution in [0.4, 0.5) is 0 Å². The number of benzene rings is 1. The van der Waals surface area contributed by atoms with E-state index >= 15 is 0 Å². The van der Waals surface area contributed by atoms with E-state index in [-0.39, 0.29) is 5.41 Å². The van der Waals surface area contributed by atoms with E-state index in [4.69, 9.17) is 4.99 Å². The van der Waals surface area contributed by atoms with Crippen LogP contribution < -0.4 is 0 Å². The number of aromatic hydroxyl groups is 1. The molecule has 0 spiro atoms. The summed E-state index contributed by atoms with van der Waals surface area (Å²) in [4.78, 5) is 4.88. The number of hydrogen-bond donors (Lipinski definition) is 1. The van der Waals surface area contributed by atoms with Crippen molar-refractivity contribution in [3.05, 3.63) is 29.8 Å². The van der Waals surface area contributed by atoms with E-state index < -0.39 is 0 Å². The van der Waals surface area contributed by atoms with Crippen LogP contribution in [0.1, 0.15) is 45.6 Å². The zero-order valence-electron chi connectivity index (χ0n) is 12.1. The Labute approximate surface area is 115 Å². The Morgan fingerprint density at radius 2 is 2.00 bits per heavy atom. The van der Waals surface area contributed by atoms with E-state index in [0.717, 1.165) is 11.5 Å². The molecule has 2 saturated carbocycles. The first-order chi connectivity index (χ1) is 8.93. The summed E-state index contributed by atoms with van der Waals surface area (Å²) in [5, 5.41) is 9.82. The largest absolute Gasteiger partial charge is 0.507 e. The summed E-state index contributed by atoms with van der Waals surface area (Å²) in [5.74, 6) is 1.13. The second kappa shape index (κ2) is 4.09. The minimum absolute atomic E-state index is 0.286. The Hall–Kier alpha value is -1.31. The first-order valence-corrected chi connectivity index (χ1v) is 7.25. The van der Waals surface area contributed by atoms with Crippen LogP contribution in [-0.4, -0.2) is 17.4 Å². The van der Waals surface area contributed by atoms with E-state index in [1.165, 1.54) is 19.3 Å². The highest BCUT2D eigenvalue weighted by Crippen LogP contribution is 2.63. The van der Waals surface area contributed by atoms with Gasteiger partial charge in [-0.2, -0.15) is 0 Å². The molecule has 2 heteroatoms. The second-order valence-electron chi connectivity index (χ2n) is 7.15. The molecule has 1 aromatic rings. The van der Waals surface area contributed by atoms with Gasteiger partial charge in [-0.05, 0) is 48.1 Å². The maximum atomic E-state index is 9.82. The van der Waals surface area contributed by atoms with Crippen LogP contribution in [0.25, 0.3) is 0 Å². The summed E-state index contributed by atoms with van der Waals surface area (Å²) >= 11 is 0. The monoisotopic (exact) mass is 257 g/mol. The zero-order chi connectivity index (χ0) is 13.7. The fourth-order valence-electron chi connectivity index (χ4n) is 4.40. The number of phenolic OH excluding ortho intramolecular Hbond substituents is 1. The Morgan fingerprint density at radius 3 is 2.63 bits per heavy atom. The summed E-state index contributed by atoms with van der Waals surface area (Å²) < 4.78 is 0. The van der Waals surface area contributed by atoms with Crippen molar-refractivity contribution in [1.29, 1.82) is 0 Å². The van der Waals surface area contributed by atoms with Gasteiger partial charge < -0.3 is 5.11 Å². The molecule has 2 fully saturated rings. The van der Waals surface area contributed by atoms with Crippen molar-refractivity contribution in [3.63, 3.8) is 0 Å². The predicted octanol–water partition coefficient (Wildman–Crippen LogP) is 4.03. The molecule has 1 N–H and O–H groups in total. The molecule has 2 aliphatic rings. The molecule has 19 heavy (non-hydrogen) atoms. The number of rotatable bonds is 2. The fraction of sp³-hybridized carbons (Fsp3) is 0.588. The van der Waals surface area contributed by atoms with Gasteiger partial charge in [-0.3, -0.25) is 4.99 Å². The quantitative estimate of drug-likeness (QED) is 0.797. The fourth-order valence-corrected chi connectivity index (χ4v) is 4.40. The van der Waals surface area contributed by atoms with Gasteiger partial charge in [0.2, 0.25) is 0 Å². The average Bonchev–Trinajstić information content (AvgIpc) is 2.82. The van der Waals surface area contributed by atoms with Gasteiger partial charge in [0.25, 0.3) is 0 Å². The van der Waals surface area contributed by atoms with Crippen LogP contribution in [0.3, 0.4) is 0 Å². The van der Waals surface area contributed by atoms with Crippen LogP contribution >= 0.6 is 0 Å². The van der Waals surface area contributed by atoms with Gasteiger partial charge in [-0.1, -0.05) is 32.9 Å². The van der Waals surface area contributed by atoms with Crippen molar-refractivity contribution in [3.8, 4) is 5.75 Å². The number of hydrogen-bond acceptors (Lipinski definition) is 2. The van der Waals surface area contributed by atoms with E-state index in [1.54, 1.807) is 6.07 Å². The Balaban J connectivity index is 1.89. The number of fused-ring (bicyclic) bond motifs is 2. The van der Waals surface area contributed by atoms with Crippen LogP contribution in [-0.2, 0) is 0 Å². The van der Waals surface area contributed by atoms with Crippen LogP contribution in [0.15, 0.2) is 29.3 Å². The molecule has 0 aliphatic heterocycles. The molecule has 102 valence electrons. The van der Waals surface area contributed by atoms with Crippen LogP contribution in [0.2, 0.25) is 0 Å². The highest BCUT2D eigenvalue weighted by molar-refractivity contribution is 5.83. The van der Waals surface area contributed by atoms with E-state index in [2.05, 4.69) is 20.8 Å². The third-order valence-corrected chi connectivity index (χ3v) is 5.49. The molecule has 0 heterocycles. The molecule has 0 radical (unpaired) electrons. The third-order valence-electron chi connectivity index (χ3n) is 5.49. The average molecular weight is 257 g/mol. The molecule has 3 rings (SSSR count). The topological polar surface area (TPSA) is 32.6 Å². The summed E-state index contributed by atoms with van der Waals surface area (Å²) in [6.45, 7) is 7.10. The summed E-state index contributed by atoms with van der Waals surface area (Å²) in [6.07, 6.45) is 5.83. The lowest BCUT2D eigenvalue weighted by Crippen LogP contribution is -2.39. The van der Waals surface area contributed by atoms with E-state index in [0.29, 0.717) is 17.2 Å². The maximum Gasteiger partial charge on any atom is 0.124 e. The van der Waals surface area contributed by atoms with Gasteiger partial charge in [-0.15, -0.1) is 0 Å².